The van der Waals surface area contributed by atoms with Gasteiger partial charge in [-0.05, 0) is 31.5 Å². The molecule has 0 bridgehead atoms. The molecule has 0 aliphatic carbocycles. The molecule has 2 saturated heterocycles. The summed E-state index contributed by atoms with van der Waals surface area (Å²) in [5.74, 6) is 0. The van der Waals surface area contributed by atoms with E-state index in [4.69, 9.17) is 11.6 Å². The molecule has 1 unspecified atom stereocenters. The van der Waals surface area contributed by atoms with Crippen LogP contribution in [-0.2, 0) is 0 Å². The Morgan fingerprint density at radius 3 is 3.05 bits per heavy atom. The molecule has 0 radical (unpaired) electrons. The minimum absolute atomic E-state index is 0.676. The highest BCUT2D eigenvalue weighted by Crippen LogP contribution is 2.35. The molecular weight excluding hydrogens is 292 g/mol. The van der Waals surface area contributed by atoms with Gasteiger partial charge in [0.05, 0.1) is 22.4 Å². The topological polar surface area (TPSA) is 32.3 Å². The number of nitrogens with zero attached hydrogens (tertiary/aromatic N) is 4. The maximum atomic E-state index is 6.45. The van der Waals surface area contributed by atoms with E-state index >= 15 is 0 Å². The second-order valence-corrected chi connectivity index (χ2v) is 6.60. The number of piperidine rings is 1. The lowest BCUT2D eigenvalue weighted by Gasteiger charge is -2.45. The number of benzene rings is 1. The van der Waals surface area contributed by atoms with Crippen LogP contribution in [0.25, 0.3) is 11.0 Å². The fourth-order valence-corrected chi connectivity index (χ4v) is 4.28. The number of aromatic nitrogens is 2. The normalized spacial score (nSPS) is 24.1. The van der Waals surface area contributed by atoms with Crippen molar-refractivity contribution in [1.82, 2.24) is 13.6 Å². The molecule has 2 aliphatic heterocycles. The molecule has 1 atom stereocenters. The second-order valence-electron chi connectivity index (χ2n) is 5.66. The molecule has 1 aromatic heterocycles. The average Bonchev–Trinajstić information content (AvgIpc) is 2.95. The lowest BCUT2D eigenvalue weighted by Crippen LogP contribution is -2.55. The van der Waals surface area contributed by atoms with E-state index < -0.39 is 0 Å². The van der Waals surface area contributed by atoms with Gasteiger partial charge in [0, 0.05) is 25.7 Å². The maximum Gasteiger partial charge on any atom is 0.129 e. The fourth-order valence-electron chi connectivity index (χ4n) is 3.47. The molecule has 2 aromatic rings. The van der Waals surface area contributed by atoms with Crippen molar-refractivity contribution in [2.24, 2.45) is 0 Å². The molecule has 6 heteroatoms. The zero-order valence-electron chi connectivity index (χ0n) is 11.3. The molecule has 1 aromatic carbocycles. The van der Waals surface area contributed by atoms with Crippen LogP contribution in [0.3, 0.4) is 0 Å². The van der Waals surface area contributed by atoms with Crippen molar-refractivity contribution in [1.29, 1.82) is 0 Å². The van der Waals surface area contributed by atoms with E-state index in [0.29, 0.717) is 6.04 Å². The van der Waals surface area contributed by atoms with Crippen LogP contribution in [0.2, 0.25) is 5.02 Å². The highest BCUT2D eigenvalue weighted by atomic mass is 35.5. The van der Waals surface area contributed by atoms with Gasteiger partial charge in [-0.25, -0.2) is 0 Å². The minimum Gasteiger partial charge on any atom is -0.366 e. The van der Waals surface area contributed by atoms with Gasteiger partial charge in [-0.2, -0.15) is 8.75 Å². The minimum atomic E-state index is 0.676. The zero-order valence-corrected chi connectivity index (χ0v) is 12.8. The Kier molecular flexibility index (Phi) is 3.28. The summed E-state index contributed by atoms with van der Waals surface area (Å²) < 4.78 is 8.78. The van der Waals surface area contributed by atoms with Crippen molar-refractivity contribution >= 4 is 40.0 Å². The largest absolute Gasteiger partial charge is 0.366 e. The first-order valence-corrected chi connectivity index (χ1v) is 8.33. The molecule has 4 nitrogen and oxygen atoms in total. The molecule has 20 heavy (non-hydrogen) atoms. The van der Waals surface area contributed by atoms with Crippen LogP contribution in [-0.4, -0.2) is 45.9 Å². The lowest BCUT2D eigenvalue weighted by atomic mass is 9.99. The standard InChI is InChI=1S/C14H17ClN4S/c15-11-4-5-12-13(17-20-16-12)14(11)19-8-7-18-6-2-1-3-10(18)9-19/h4-5,10H,1-3,6-9H2. The van der Waals surface area contributed by atoms with Crippen LogP contribution < -0.4 is 4.90 Å². The third-order valence-electron chi connectivity index (χ3n) is 4.51. The van der Waals surface area contributed by atoms with Gasteiger partial charge in [-0.3, -0.25) is 4.90 Å². The van der Waals surface area contributed by atoms with Gasteiger partial charge in [-0.1, -0.05) is 18.0 Å². The highest BCUT2D eigenvalue weighted by Gasteiger charge is 2.30. The number of rotatable bonds is 1. The lowest BCUT2D eigenvalue weighted by molar-refractivity contribution is 0.133. The summed E-state index contributed by atoms with van der Waals surface area (Å²) in [5, 5.41) is 0.800. The van der Waals surface area contributed by atoms with Crippen LogP contribution >= 0.6 is 23.3 Å². The molecular formula is C14H17ClN4S. The maximum absolute atomic E-state index is 6.45. The number of hydrogen-bond acceptors (Lipinski definition) is 5. The van der Waals surface area contributed by atoms with Gasteiger partial charge < -0.3 is 4.90 Å². The Morgan fingerprint density at radius 2 is 2.10 bits per heavy atom. The summed E-state index contributed by atoms with van der Waals surface area (Å²) in [6.07, 6.45) is 4.01. The molecule has 0 amide bonds. The van der Waals surface area contributed by atoms with Crippen molar-refractivity contribution < 1.29 is 0 Å². The number of halogens is 1. The van der Waals surface area contributed by atoms with Gasteiger partial charge in [0.15, 0.2) is 0 Å². The molecule has 106 valence electrons. The summed E-state index contributed by atoms with van der Waals surface area (Å²) in [6.45, 7) is 4.49. The van der Waals surface area contributed by atoms with E-state index in [1.165, 1.54) is 37.5 Å². The van der Waals surface area contributed by atoms with E-state index in [-0.39, 0.29) is 0 Å². The monoisotopic (exact) mass is 308 g/mol. The van der Waals surface area contributed by atoms with Crippen molar-refractivity contribution in [3.05, 3.63) is 17.2 Å². The predicted molar refractivity (Wildman–Crippen MR) is 83.9 cm³/mol. The van der Waals surface area contributed by atoms with Crippen LogP contribution in [0.15, 0.2) is 12.1 Å². The molecule has 2 fully saturated rings. The summed E-state index contributed by atoms with van der Waals surface area (Å²) >= 11 is 7.72. The molecule has 0 saturated carbocycles. The molecule has 0 spiro atoms. The summed E-state index contributed by atoms with van der Waals surface area (Å²) in [4.78, 5) is 5.05. The quantitative estimate of drug-likeness (QED) is 0.810. The van der Waals surface area contributed by atoms with Crippen molar-refractivity contribution in [2.75, 3.05) is 31.1 Å². The van der Waals surface area contributed by atoms with E-state index in [0.717, 1.165) is 41.4 Å². The fraction of sp³-hybridized carbons (Fsp3) is 0.571. The number of anilines is 1. The Labute approximate surface area is 127 Å². The van der Waals surface area contributed by atoms with Crippen molar-refractivity contribution in [3.8, 4) is 0 Å². The van der Waals surface area contributed by atoms with E-state index in [1.807, 2.05) is 12.1 Å². The first-order valence-electron chi connectivity index (χ1n) is 7.23. The zero-order chi connectivity index (χ0) is 13.5. The summed E-state index contributed by atoms with van der Waals surface area (Å²) in [5.41, 5.74) is 3.01. The smallest absolute Gasteiger partial charge is 0.129 e. The number of hydrogen-bond donors (Lipinski definition) is 0. The van der Waals surface area contributed by atoms with Crippen LogP contribution in [0.4, 0.5) is 5.69 Å². The van der Waals surface area contributed by atoms with Crippen molar-refractivity contribution in [2.45, 2.75) is 25.3 Å². The van der Waals surface area contributed by atoms with Crippen molar-refractivity contribution in [3.63, 3.8) is 0 Å². The van der Waals surface area contributed by atoms with Gasteiger partial charge in [0.2, 0.25) is 0 Å². The number of piperazine rings is 1. The molecule has 0 N–H and O–H groups in total. The summed E-state index contributed by atoms with van der Waals surface area (Å²) in [6, 6.07) is 4.59. The predicted octanol–water partition coefficient (Wildman–Crippen LogP) is 3.02. The Bertz CT molecular complexity index is 629. The Balaban J connectivity index is 1.69. The second kappa shape index (κ2) is 5.13. The third-order valence-corrected chi connectivity index (χ3v) is 5.35. The first-order chi connectivity index (χ1) is 9.83. The van der Waals surface area contributed by atoms with Gasteiger partial charge >= 0.3 is 0 Å². The number of fused-ring (bicyclic) bond motifs is 2. The average molecular weight is 309 g/mol. The molecule has 2 aliphatic rings. The van der Waals surface area contributed by atoms with Crippen LogP contribution in [0.1, 0.15) is 19.3 Å². The Hall–Kier alpha value is -0.910. The molecule has 3 heterocycles. The third kappa shape index (κ3) is 2.08. The van der Waals surface area contributed by atoms with E-state index in [1.54, 1.807) is 0 Å². The SMILES string of the molecule is Clc1ccc2nsnc2c1N1CCN2CCCCC2C1. The van der Waals surface area contributed by atoms with E-state index in [9.17, 15) is 0 Å². The highest BCUT2D eigenvalue weighted by molar-refractivity contribution is 7.00. The molecule has 4 rings (SSSR count). The first kappa shape index (κ1) is 12.8. The van der Waals surface area contributed by atoms with Gasteiger partial charge in [0.1, 0.15) is 11.0 Å². The van der Waals surface area contributed by atoms with Crippen LogP contribution in [0, 0.1) is 0 Å². The van der Waals surface area contributed by atoms with Gasteiger partial charge in [-0.15, -0.1) is 0 Å². The summed E-state index contributed by atoms with van der Waals surface area (Å²) in [7, 11) is 0. The van der Waals surface area contributed by atoms with E-state index in [2.05, 4.69) is 18.5 Å². The van der Waals surface area contributed by atoms with Gasteiger partial charge in [0.25, 0.3) is 0 Å². The Morgan fingerprint density at radius 1 is 1.15 bits per heavy atom. The van der Waals surface area contributed by atoms with Crippen LogP contribution in [0.5, 0.6) is 0 Å².